The van der Waals surface area contributed by atoms with Crippen molar-refractivity contribution in [1.82, 2.24) is 9.80 Å². The van der Waals surface area contributed by atoms with E-state index in [0.29, 0.717) is 13.2 Å². The van der Waals surface area contributed by atoms with E-state index < -0.39 is 0 Å². The molecule has 4 nitrogen and oxygen atoms in total. The second-order valence-electron chi connectivity index (χ2n) is 4.68. The molecular weight excluding hydrogens is 192 g/mol. The first-order chi connectivity index (χ1) is 7.15. The third kappa shape index (κ3) is 2.49. The number of morpholine rings is 1. The third-order valence-electron chi connectivity index (χ3n) is 3.35. The van der Waals surface area contributed by atoms with Gasteiger partial charge in [0.05, 0.1) is 18.8 Å². The number of ether oxygens (including phenoxy) is 1. The van der Waals surface area contributed by atoms with Crippen molar-refractivity contribution in [2.24, 2.45) is 0 Å². The first kappa shape index (κ1) is 10.9. The summed E-state index contributed by atoms with van der Waals surface area (Å²) in [5, 5.41) is 0. The second-order valence-corrected chi connectivity index (χ2v) is 4.68. The van der Waals surface area contributed by atoms with Gasteiger partial charge in [-0.05, 0) is 26.4 Å². The van der Waals surface area contributed by atoms with Gasteiger partial charge >= 0.3 is 0 Å². The molecule has 0 radical (unpaired) electrons. The molecule has 1 amide bonds. The molecule has 2 rings (SSSR count). The standard InChI is InChI=1S/C11H20N2O2/c1-3-12(2)8-10(14)13-6-7-15-11(9-13)4-5-11/h3-9H2,1-2H3. The number of carbonyl (C=O) groups excluding carboxylic acids is 1. The molecule has 1 spiro atoms. The average Bonchev–Trinajstić information content (AvgIpc) is 2.97. The Morgan fingerprint density at radius 3 is 2.87 bits per heavy atom. The van der Waals surface area contributed by atoms with Gasteiger partial charge in [0.2, 0.25) is 5.91 Å². The summed E-state index contributed by atoms with van der Waals surface area (Å²) in [6.45, 7) is 5.80. The van der Waals surface area contributed by atoms with Crippen LogP contribution in [-0.2, 0) is 9.53 Å². The zero-order valence-electron chi connectivity index (χ0n) is 9.66. The first-order valence-electron chi connectivity index (χ1n) is 5.75. The van der Waals surface area contributed by atoms with Crippen molar-refractivity contribution in [1.29, 1.82) is 0 Å². The number of likely N-dealkylation sites (N-methyl/N-ethyl adjacent to an activating group) is 1. The van der Waals surface area contributed by atoms with Gasteiger partial charge in [0.15, 0.2) is 0 Å². The summed E-state index contributed by atoms with van der Waals surface area (Å²) < 4.78 is 5.68. The van der Waals surface area contributed by atoms with Crippen LogP contribution in [0.3, 0.4) is 0 Å². The highest BCUT2D eigenvalue weighted by Crippen LogP contribution is 2.41. The van der Waals surface area contributed by atoms with E-state index >= 15 is 0 Å². The lowest BCUT2D eigenvalue weighted by Gasteiger charge is -2.34. The van der Waals surface area contributed by atoms with E-state index in [1.54, 1.807) is 0 Å². The summed E-state index contributed by atoms with van der Waals surface area (Å²) in [4.78, 5) is 15.9. The molecule has 1 heterocycles. The van der Waals surface area contributed by atoms with E-state index in [9.17, 15) is 4.79 Å². The molecule has 1 saturated carbocycles. The molecule has 2 aliphatic rings. The lowest BCUT2D eigenvalue weighted by molar-refractivity contribution is -0.141. The molecule has 0 N–H and O–H groups in total. The van der Waals surface area contributed by atoms with Crippen LogP contribution in [0.5, 0.6) is 0 Å². The van der Waals surface area contributed by atoms with Crippen molar-refractivity contribution >= 4 is 5.91 Å². The quantitative estimate of drug-likeness (QED) is 0.676. The van der Waals surface area contributed by atoms with Gasteiger partial charge in [-0.25, -0.2) is 0 Å². The fourth-order valence-electron chi connectivity index (χ4n) is 1.94. The van der Waals surface area contributed by atoms with Gasteiger partial charge in [0, 0.05) is 13.1 Å². The number of hydrogen-bond donors (Lipinski definition) is 0. The van der Waals surface area contributed by atoms with Crippen molar-refractivity contribution in [3.05, 3.63) is 0 Å². The van der Waals surface area contributed by atoms with Gasteiger partial charge in [-0.1, -0.05) is 6.92 Å². The molecule has 1 aliphatic heterocycles. The molecule has 1 aliphatic carbocycles. The summed E-state index contributed by atoms with van der Waals surface area (Å²) >= 11 is 0. The SMILES string of the molecule is CCN(C)CC(=O)N1CCOC2(CC2)C1. The van der Waals surface area contributed by atoms with E-state index in [2.05, 4.69) is 6.92 Å². The summed E-state index contributed by atoms with van der Waals surface area (Å²) in [6.07, 6.45) is 2.25. The molecule has 0 aromatic heterocycles. The van der Waals surface area contributed by atoms with Crippen LogP contribution >= 0.6 is 0 Å². The van der Waals surface area contributed by atoms with Crippen LogP contribution in [0.15, 0.2) is 0 Å². The number of carbonyl (C=O) groups is 1. The molecule has 0 aromatic rings. The molecule has 0 unspecified atom stereocenters. The molecule has 2 fully saturated rings. The zero-order valence-corrected chi connectivity index (χ0v) is 9.66. The van der Waals surface area contributed by atoms with Crippen LogP contribution in [0.25, 0.3) is 0 Å². The van der Waals surface area contributed by atoms with Gasteiger partial charge in [-0.15, -0.1) is 0 Å². The molecule has 0 atom stereocenters. The first-order valence-corrected chi connectivity index (χ1v) is 5.75. The smallest absolute Gasteiger partial charge is 0.236 e. The van der Waals surface area contributed by atoms with Crippen LogP contribution in [0, 0.1) is 0 Å². The Bertz CT molecular complexity index is 251. The van der Waals surface area contributed by atoms with E-state index in [1.807, 2.05) is 16.8 Å². The van der Waals surface area contributed by atoms with E-state index in [-0.39, 0.29) is 11.5 Å². The Hall–Kier alpha value is -0.610. The average molecular weight is 212 g/mol. The van der Waals surface area contributed by atoms with Crippen molar-refractivity contribution in [3.63, 3.8) is 0 Å². The minimum Gasteiger partial charge on any atom is -0.371 e. The number of rotatable bonds is 3. The highest BCUT2D eigenvalue weighted by atomic mass is 16.5. The topological polar surface area (TPSA) is 32.8 Å². The summed E-state index contributed by atoms with van der Waals surface area (Å²) in [5.74, 6) is 0.244. The van der Waals surface area contributed by atoms with Gasteiger partial charge in [-0.3, -0.25) is 9.69 Å². The van der Waals surface area contributed by atoms with Crippen molar-refractivity contribution in [2.45, 2.75) is 25.4 Å². The predicted molar refractivity (Wildman–Crippen MR) is 57.7 cm³/mol. The maximum Gasteiger partial charge on any atom is 0.236 e. The van der Waals surface area contributed by atoms with E-state index in [0.717, 1.165) is 32.5 Å². The molecule has 4 heteroatoms. The normalized spacial score (nSPS) is 23.5. The Morgan fingerprint density at radius 1 is 1.53 bits per heavy atom. The van der Waals surface area contributed by atoms with Crippen LogP contribution < -0.4 is 0 Å². The Labute approximate surface area is 91.2 Å². The van der Waals surface area contributed by atoms with Crippen LogP contribution in [0.4, 0.5) is 0 Å². The predicted octanol–water partition coefficient (Wildman–Crippen LogP) is 0.329. The second kappa shape index (κ2) is 4.10. The molecular formula is C11H20N2O2. The summed E-state index contributed by atoms with van der Waals surface area (Å²) in [6, 6.07) is 0. The fourth-order valence-corrected chi connectivity index (χ4v) is 1.94. The van der Waals surface area contributed by atoms with Crippen LogP contribution in [0.2, 0.25) is 0 Å². The van der Waals surface area contributed by atoms with Gasteiger partial charge in [0.1, 0.15) is 0 Å². The summed E-state index contributed by atoms with van der Waals surface area (Å²) in [7, 11) is 1.98. The van der Waals surface area contributed by atoms with Crippen LogP contribution in [0.1, 0.15) is 19.8 Å². The van der Waals surface area contributed by atoms with Gasteiger partial charge in [-0.2, -0.15) is 0 Å². The largest absolute Gasteiger partial charge is 0.371 e. The highest BCUT2D eigenvalue weighted by molar-refractivity contribution is 5.78. The lowest BCUT2D eigenvalue weighted by atomic mass is 10.2. The molecule has 0 aromatic carbocycles. The van der Waals surface area contributed by atoms with Gasteiger partial charge < -0.3 is 9.64 Å². The van der Waals surface area contributed by atoms with Crippen molar-refractivity contribution in [3.8, 4) is 0 Å². The highest BCUT2D eigenvalue weighted by Gasteiger charge is 2.48. The van der Waals surface area contributed by atoms with Gasteiger partial charge in [0.25, 0.3) is 0 Å². The monoisotopic (exact) mass is 212 g/mol. The maximum atomic E-state index is 11.9. The Balaban J connectivity index is 1.84. The maximum absolute atomic E-state index is 11.9. The number of hydrogen-bond acceptors (Lipinski definition) is 3. The molecule has 86 valence electrons. The minimum absolute atomic E-state index is 0.0543. The zero-order chi connectivity index (χ0) is 10.9. The van der Waals surface area contributed by atoms with Crippen LogP contribution in [-0.4, -0.2) is 61.1 Å². The Kier molecular flexibility index (Phi) is 2.98. The summed E-state index contributed by atoms with van der Waals surface area (Å²) in [5.41, 5.74) is 0.0543. The molecule has 15 heavy (non-hydrogen) atoms. The Morgan fingerprint density at radius 2 is 2.27 bits per heavy atom. The fraction of sp³-hybridized carbons (Fsp3) is 0.909. The number of amides is 1. The molecule has 1 saturated heterocycles. The van der Waals surface area contributed by atoms with Crippen molar-refractivity contribution < 1.29 is 9.53 Å². The molecule has 0 bridgehead atoms. The van der Waals surface area contributed by atoms with E-state index in [4.69, 9.17) is 4.74 Å². The lowest BCUT2D eigenvalue weighted by Crippen LogP contribution is -2.49. The van der Waals surface area contributed by atoms with E-state index in [1.165, 1.54) is 0 Å². The third-order valence-corrected chi connectivity index (χ3v) is 3.35. The van der Waals surface area contributed by atoms with Crippen molar-refractivity contribution in [2.75, 3.05) is 39.8 Å². The minimum atomic E-state index is 0.0543. The number of nitrogens with zero attached hydrogens (tertiary/aromatic N) is 2.